The monoisotopic (exact) mass is 736 g/mol. The molecule has 0 aliphatic carbocycles. The number of nitrogens with zero attached hydrogens (tertiary/aromatic N) is 8. The van der Waals surface area contributed by atoms with E-state index in [-0.39, 0.29) is 6.61 Å². The van der Waals surface area contributed by atoms with Crippen molar-refractivity contribution in [1.82, 2.24) is 64.8 Å². The smallest absolute Gasteiger partial charge is 0.215 e. The molecule has 0 fully saturated rings. The van der Waals surface area contributed by atoms with Crippen molar-refractivity contribution in [1.29, 1.82) is 0 Å². The third kappa shape index (κ3) is 29.2. The molecule has 6 rings (SSSR count). The van der Waals surface area contributed by atoms with Gasteiger partial charge in [0.25, 0.3) is 0 Å². The van der Waals surface area contributed by atoms with Crippen LogP contribution in [0.1, 0.15) is 31.3 Å². The Kier molecular flexibility index (Phi) is 28.8. The van der Waals surface area contributed by atoms with Crippen molar-refractivity contribution < 1.29 is 5.11 Å². The number of aliphatic hydroxyl groups is 1. The SMILES string of the molecule is CCCCc1ncc(CO)[nH]1.NCCNCCN.Nc1ccncc1.Nc1nccs1.Nc1ncn[nH]1.S=c1[nH]cc[nH]1.Sn1ccnn1. The van der Waals surface area contributed by atoms with Gasteiger partial charge in [-0.05, 0) is 43.6 Å². The number of thiazole rings is 1. The van der Waals surface area contributed by atoms with E-state index in [1.807, 2.05) is 5.38 Å². The van der Waals surface area contributed by atoms with E-state index in [9.17, 15) is 0 Å². The maximum Gasteiger partial charge on any atom is 0.215 e. The van der Waals surface area contributed by atoms with Gasteiger partial charge in [-0.1, -0.05) is 18.6 Å². The standard InChI is InChI=1S/C8H14N2O.C5H6N2.C4H13N3.2C3H4N2S.C2H4N4.C2H3N3S/c1-2-3-4-8-9-5-7(6-11)10-8;6-5-1-3-7-4-2-5;5-1-3-7-4-2-6;4-3-5-1-2-6-3;6-3-4-1-2-5-3;3-2-4-1-5-6-2;6-5-2-1-3-4-5/h5,11H,2-4,6H2,1H3,(H,9,10);1-4H,(H2,6,7);7H,1-6H2;1-2H,(H2,4,5);1-2H,(H2,4,5,6);1H,(H3,3,4,5,6);1-2,6H. The van der Waals surface area contributed by atoms with Crippen LogP contribution in [0, 0.1) is 4.77 Å². The molecule has 0 spiro atoms. The summed E-state index contributed by atoms with van der Waals surface area (Å²) in [6.45, 7) is 5.34. The van der Waals surface area contributed by atoms with Crippen LogP contribution < -0.4 is 34.0 Å². The Balaban J connectivity index is 0.000000555. The van der Waals surface area contributed by atoms with Gasteiger partial charge in [0.1, 0.15) is 12.2 Å². The molecular formula is C27H48N18OS3. The first kappa shape index (κ1) is 44.3. The highest BCUT2D eigenvalue weighted by molar-refractivity contribution is 7.78. The number of aromatic nitrogens is 12. The number of nitrogens with one attached hydrogen (secondary N) is 5. The number of imidazole rings is 2. The lowest BCUT2D eigenvalue weighted by molar-refractivity contribution is 0.277. The van der Waals surface area contributed by atoms with Crippen molar-refractivity contribution >= 4 is 53.1 Å². The molecule has 0 aliphatic rings. The average molecular weight is 737 g/mol. The molecule has 6 aromatic rings. The van der Waals surface area contributed by atoms with E-state index in [2.05, 4.69) is 92.7 Å². The number of aromatic amines is 4. The normalized spacial score (nSPS) is 9.16. The highest BCUT2D eigenvalue weighted by Crippen LogP contribution is 2.02. The van der Waals surface area contributed by atoms with Crippen molar-refractivity contribution in [3.05, 3.63) is 89.7 Å². The number of H-pyrrole nitrogens is 4. The Morgan fingerprint density at radius 2 is 1.69 bits per heavy atom. The van der Waals surface area contributed by atoms with Crippen LogP contribution in [-0.4, -0.2) is 90.8 Å². The number of hydrogen-bond acceptors (Lipinski definition) is 17. The van der Waals surface area contributed by atoms with E-state index >= 15 is 0 Å². The first-order chi connectivity index (χ1) is 23.7. The van der Waals surface area contributed by atoms with Gasteiger partial charge in [0.2, 0.25) is 5.95 Å². The van der Waals surface area contributed by atoms with Crippen LogP contribution in [0.5, 0.6) is 0 Å². The minimum atomic E-state index is 0.0547. The number of anilines is 3. The topological polar surface area (TPSA) is 321 Å². The summed E-state index contributed by atoms with van der Waals surface area (Å²) in [4.78, 5) is 23.7. The Morgan fingerprint density at radius 3 is 1.98 bits per heavy atom. The van der Waals surface area contributed by atoms with Crippen molar-refractivity contribution in [2.24, 2.45) is 11.5 Å². The quantitative estimate of drug-likeness (QED) is 0.0599. The molecule has 19 nitrogen and oxygen atoms in total. The highest BCUT2D eigenvalue weighted by Gasteiger charge is 1.97. The van der Waals surface area contributed by atoms with Crippen LogP contribution in [0.15, 0.2) is 73.4 Å². The summed E-state index contributed by atoms with van der Waals surface area (Å²) >= 11 is 9.86. The first-order valence-electron chi connectivity index (χ1n) is 14.7. The Morgan fingerprint density at radius 1 is 1.00 bits per heavy atom. The number of hydrogen-bond donors (Lipinski definition) is 12. The van der Waals surface area contributed by atoms with Gasteiger partial charge in [-0.2, -0.15) is 9.19 Å². The van der Waals surface area contributed by atoms with Gasteiger partial charge in [-0.15, -0.1) is 16.4 Å². The second kappa shape index (κ2) is 31.9. The Hall–Kier alpha value is -4.71. The van der Waals surface area contributed by atoms with Crippen LogP contribution in [0.3, 0.4) is 0 Å². The third-order valence-corrected chi connectivity index (χ3v) is 5.83. The second-order valence-electron chi connectivity index (χ2n) is 8.74. The highest BCUT2D eigenvalue weighted by atomic mass is 32.1. The van der Waals surface area contributed by atoms with Gasteiger partial charge < -0.3 is 54.0 Å². The molecule has 270 valence electrons. The molecule has 6 heterocycles. The molecular weight excluding hydrogens is 689 g/mol. The molecule has 0 aliphatic heterocycles. The number of aliphatic hydroxyl groups excluding tert-OH is 1. The summed E-state index contributed by atoms with van der Waals surface area (Å²) < 4.78 is 2.01. The van der Waals surface area contributed by atoms with E-state index in [1.165, 1.54) is 28.2 Å². The predicted molar refractivity (Wildman–Crippen MR) is 200 cm³/mol. The Bertz CT molecular complexity index is 1410. The van der Waals surface area contributed by atoms with Gasteiger partial charge in [-0.3, -0.25) is 4.98 Å². The van der Waals surface area contributed by atoms with Gasteiger partial charge in [0.05, 0.1) is 30.9 Å². The maximum atomic E-state index is 8.71. The molecule has 0 bridgehead atoms. The van der Waals surface area contributed by atoms with Crippen molar-refractivity contribution in [2.45, 2.75) is 32.8 Å². The largest absolute Gasteiger partial charge is 0.399 e. The average Bonchev–Trinajstić information content (AvgIpc) is 3.96. The first-order valence-corrected chi connectivity index (χ1v) is 16.4. The fourth-order valence-electron chi connectivity index (χ4n) is 2.58. The zero-order chi connectivity index (χ0) is 36.4. The predicted octanol–water partition coefficient (Wildman–Crippen LogP) is 1.56. The number of rotatable bonds is 8. The van der Waals surface area contributed by atoms with E-state index in [0.717, 1.165) is 43.1 Å². The van der Waals surface area contributed by atoms with Gasteiger partial charge in [-0.25, -0.2) is 20.1 Å². The molecule has 0 radical (unpaired) electrons. The summed E-state index contributed by atoms with van der Waals surface area (Å²) in [6.07, 6.45) is 18.1. The third-order valence-electron chi connectivity index (χ3n) is 4.77. The maximum absolute atomic E-state index is 8.71. The fraction of sp³-hybridized carbons (Fsp3) is 0.333. The molecule has 0 saturated carbocycles. The van der Waals surface area contributed by atoms with Crippen LogP contribution >= 0.6 is 36.4 Å². The van der Waals surface area contributed by atoms with Crippen molar-refractivity contribution in [3.8, 4) is 0 Å². The van der Waals surface area contributed by atoms with E-state index in [1.54, 1.807) is 61.7 Å². The second-order valence-corrected chi connectivity index (χ2v) is 10.5. The summed E-state index contributed by atoms with van der Waals surface area (Å²) in [6, 6.07) is 3.50. The van der Waals surface area contributed by atoms with Crippen molar-refractivity contribution in [3.63, 3.8) is 0 Å². The number of thiol groups is 1. The molecule has 0 atom stereocenters. The summed E-state index contributed by atoms with van der Waals surface area (Å²) in [5.74, 6) is 1.34. The number of unbranched alkanes of at least 4 members (excludes halogenated alkanes) is 1. The lowest BCUT2D eigenvalue weighted by Gasteiger charge is -1.95. The number of aryl methyl sites for hydroxylation is 1. The zero-order valence-electron chi connectivity index (χ0n) is 27.3. The molecule has 6 aromatic heterocycles. The lowest BCUT2D eigenvalue weighted by atomic mass is 10.2. The van der Waals surface area contributed by atoms with Crippen LogP contribution in [0.4, 0.5) is 16.8 Å². The molecule has 0 aromatic carbocycles. The van der Waals surface area contributed by atoms with Crippen molar-refractivity contribution in [2.75, 3.05) is 43.4 Å². The zero-order valence-corrected chi connectivity index (χ0v) is 29.8. The Labute approximate surface area is 299 Å². The lowest BCUT2D eigenvalue weighted by Crippen LogP contribution is -2.27. The van der Waals surface area contributed by atoms with Gasteiger partial charge >= 0.3 is 0 Å². The fourth-order valence-corrected chi connectivity index (χ4v) is 3.20. The minimum absolute atomic E-state index is 0.0547. The van der Waals surface area contributed by atoms with E-state index in [4.69, 9.17) is 33.8 Å². The number of pyridine rings is 1. The molecule has 0 saturated heterocycles. The molecule has 22 heteroatoms. The van der Waals surface area contributed by atoms with Crippen LogP contribution in [-0.2, 0) is 13.0 Å². The number of nitrogens with two attached hydrogens (primary N) is 5. The summed E-state index contributed by atoms with van der Waals surface area (Å²) in [5.41, 5.74) is 27.4. The molecule has 0 unspecified atom stereocenters. The van der Waals surface area contributed by atoms with Gasteiger partial charge in [0.15, 0.2) is 9.90 Å². The summed E-state index contributed by atoms with van der Waals surface area (Å²) in [5, 5.41) is 27.0. The number of nitrogen functional groups attached to an aromatic ring is 3. The minimum Gasteiger partial charge on any atom is -0.399 e. The molecule has 16 N–H and O–H groups in total. The molecule has 49 heavy (non-hydrogen) atoms. The van der Waals surface area contributed by atoms with Gasteiger partial charge in [0, 0.05) is 74.7 Å². The van der Waals surface area contributed by atoms with E-state index in [0.29, 0.717) is 28.9 Å². The molecule has 0 amide bonds. The summed E-state index contributed by atoms with van der Waals surface area (Å²) in [7, 11) is 0. The van der Waals surface area contributed by atoms with Crippen LogP contribution in [0.25, 0.3) is 0 Å². The van der Waals surface area contributed by atoms with E-state index < -0.39 is 0 Å². The van der Waals surface area contributed by atoms with Crippen LogP contribution in [0.2, 0.25) is 0 Å².